The van der Waals surface area contributed by atoms with E-state index in [1.807, 2.05) is 19.9 Å². The van der Waals surface area contributed by atoms with E-state index in [-0.39, 0.29) is 10.8 Å². The lowest BCUT2D eigenvalue weighted by Gasteiger charge is -2.29. The molecule has 2 N–H and O–H groups in total. The molecule has 0 saturated carbocycles. The highest BCUT2D eigenvalue weighted by Crippen LogP contribution is 2.38. The van der Waals surface area contributed by atoms with Gasteiger partial charge in [-0.05, 0) is 62.1 Å². The molecular formula is C23H27N3O4S2. The minimum absolute atomic E-state index is 0.0513. The molecule has 2 aliphatic rings. The molecule has 1 fully saturated rings. The predicted molar refractivity (Wildman–Crippen MR) is 126 cm³/mol. The molecule has 0 aromatic heterocycles. The normalized spacial score (nSPS) is 19.0. The second-order valence-electron chi connectivity index (χ2n) is 8.24. The van der Waals surface area contributed by atoms with Crippen molar-refractivity contribution < 1.29 is 18.0 Å². The molecule has 2 aliphatic heterocycles. The number of carbonyl (C=O) groups is 2. The number of thioether (sulfide) groups is 1. The van der Waals surface area contributed by atoms with Crippen LogP contribution in [-0.4, -0.2) is 43.5 Å². The first-order valence-corrected chi connectivity index (χ1v) is 13.1. The van der Waals surface area contributed by atoms with Crippen LogP contribution in [-0.2, 0) is 19.6 Å². The van der Waals surface area contributed by atoms with Gasteiger partial charge >= 0.3 is 0 Å². The molecule has 1 saturated heterocycles. The number of fused-ring (bicyclic) bond motifs is 1. The topological polar surface area (TPSA) is 95.6 Å². The summed E-state index contributed by atoms with van der Waals surface area (Å²) in [5, 5.41) is 1.89. The molecule has 0 radical (unpaired) electrons. The molecule has 32 heavy (non-hydrogen) atoms. The van der Waals surface area contributed by atoms with Crippen molar-refractivity contribution >= 4 is 45.0 Å². The number of anilines is 2. The third-order valence-electron chi connectivity index (χ3n) is 5.99. The summed E-state index contributed by atoms with van der Waals surface area (Å²) in [4.78, 5) is 28.2. The highest BCUT2D eigenvalue weighted by Gasteiger charge is 2.36. The maximum atomic E-state index is 13.0. The van der Waals surface area contributed by atoms with Gasteiger partial charge in [0.25, 0.3) is 10.0 Å². The summed E-state index contributed by atoms with van der Waals surface area (Å²) in [7, 11) is -3.84. The van der Waals surface area contributed by atoms with Crippen LogP contribution in [0.1, 0.15) is 36.8 Å². The van der Waals surface area contributed by atoms with Crippen LogP contribution >= 0.6 is 11.8 Å². The number of rotatable bonds is 4. The highest BCUT2D eigenvalue weighted by molar-refractivity contribution is 8.01. The lowest BCUT2D eigenvalue weighted by Crippen LogP contribution is -2.45. The number of carbonyl (C=O) groups excluding carboxylic acids is 2. The van der Waals surface area contributed by atoms with Crippen molar-refractivity contribution in [2.45, 2.75) is 54.6 Å². The number of benzene rings is 2. The number of hydrogen-bond donors (Lipinski definition) is 2. The van der Waals surface area contributed by atoms with Gasteiger partial charge in [0, 0.05) is 18.0 Å². The Bertz CT molecular complexity index is 1160. The minimum atomic E-state index is -3.84. The Morgan fingerprint density at radius 1 is 1.09 bits per heavy atom. The number of nitrogens with zero attached hydrogens (tertiary/aromatic N) is 1. The molecule has 2 amide bonds. The molecule has 2 heterocycles. The van der Waals surface area contributed by atoms with E-state index in [4.69, 9.17) is 0 Å². The Hall–Kier alpha value is -2.52. The van der Waals surface area contributed by atoms with Gasteiger partial charge in [-0.2, -0.15) is 0 Å². The van der Waals surface area contributed by atoms with Gasteiger partial charge in [0.15, 0.2) is 5.25 Å². The summed E-state index contributed by atoms with van der Waals surface area (Å²) >= 11 is 1.18. The van der Waals surface area contributed by atoms with E-state index in [1.54, 1.807) is 23.1 Å². The fourth-order valence-electron chi connectivity index (χ4n) is 3.94. The van der Waals surface area contributed by atoms with Gasteiger partial charge in [0.1, 0.15) is 0 Å². The number of amides is 2. The van der Waals surface area contributed by atoms with Crippen molar-refractivity contribution in [3.05, 3.63) is 47.5 Å². The largest absolute Gasteiger partial charge is 0.341 e. The zero-order chi connectivity index (χ0) is 22.9. The van der Waals surface area contributed by atoms with Crippen molar-refractivity contribution in [2.24, 2.45) is 0 Å². The van der Waals surface area contributed by atoms with Gasteiger partial charge in [-0.1, -0.05) is 25.0 Å². The molecule has 7 nitrogen and oxygen atoms in total. The molecule has 0 aliphatic carbocycles. The Labute approximate surface area is 193 Å². The third kappa shape index (κ3) is 4.63. The maximum Gasteiger partial charge on any atom is 0.261 e. The summed E-state index contributed by atoms with van der Waals surface area (Å²) in [6.45, 7) is 5.13. The van der Waals surface area contributed by atoms with E-state index < -0.39 is 21.2 Å². The fourth-order valence-corrected chi connectivity index (χ4v) is 6.14. The van der Waals surface area contributed by atoms with E-state index in [2.05, 4.69) is 10.0 Å². The molecule has 2 aromatic carbocycles. The average Bonchev–Trinajstić information content (AvgIpc) is 3.05. The molecule has 0 bridgehead atoms. The van der Waals surface area contributed by atoms with E-state index in [1.165, 1.54) is 23.9 Å². The van der Waals surface area contributed by atoms with E-state index >= 15 is 0 Å². The first-order chi connectivity index (χ1) is 15.3. The molecule has 1 unspecified atom stereocenters. The lowest BCUT2D eigenvalue weighted by atomic mass is 10.1. The van der Waals surface area contributed by atoms with Crippen LogP contribution in [0.3, 0.4) is 0 Å². The third-order valence-corrected chi connectivity index (χ3v) is 8.62. The summed E-state index contributed by atoms with van der Waals surface area (Å²) in [5.41, 5.74) is 2.76. The van der Waals surface area contributed by atoms with Crippen molar-refractivity contribution in [1.29, 1.82) is 0 Å². The van der Waals surface area contributed by atoms with Crippen molar-refractivity contribution in [2.75, 3.05) is 23.1 Å². The molecule has 1 atom stereocenters. The second kappa shape index (κ2) is 9.15. The number of sulfonamides is 1. The molecular weight excluding hydrogens is 446 g/mol. The quantitative estimate of drug-likeness (QED) is 0.656. The van der Waals surface area contributed by atoms with Crippen molar-refractivity contribution in [1.82, 2.24) is 4.90 Å². The minimum Gasteiger partial charge on any atom is -0.341 e. The predicted octanol–water partition coefficient (Wildman–Crippen LogP) is 3.92. The van der Waals surface area contributed by atoms with Gasteiger partial charge in [0.2, 0.25) is 11.8 Å². The van der Waals surface area contributed by atoms with Crippen molar-refractivity contribution in [3.63, 3.8) is 0 Å². The zero-order valence-corrected chi connectivity index (χ0v) is 19.8. The molecule has 9 heteroatoms. The fraction of sp³-hybridized carbons (Fsp3) is 0.391. The summed E-state index contributed by atoms with van der Waals surface area (Å²) in [5.74, 6) is -0.581. The zero-order valence-electron chi connectivity index (χ0n) is 18.2. The maximum absolute atomic E-state index is 13.0. The van der Waals surface area contributed by atoms with E-state index in [0.717, 1.165) is 36.8 Å². The molecule has 2 aromatic rings. The van der Waals surface area contributed by atoms with Gasteiger partial charge in [-0.25, -0.2) is 8.42 Å². The number of hydrogen-bond acceptors (Lipinski definition) is 5. The number of nitrogens with one attached hydrogen (secondary N) is 2. The Balaban J connectivity index is 1.54. The Morgan fingerprint density at radius 3 is 2.53 bits per heavy atom. The van der Waals surface area contributed by atoms with Gasteiger partial charge in [-0.15, -0.1) is 11.8 Å². The van der Waals surface area contributed by atoms with Crippen LogP contribution in [0.15, 0.2) is 46.2 Å². The van der Waals surface area contributed by atoms with Gasteiger partial charge in [-0.3, -0.25) is 14.3 Å². The SMILES string of the molecule is Cc1cccc(NS(=O)(=O)c2ccc3c(c2)NC(=O)C(C(=O)N2CCCCCC2)S3)c1C. The number of aryl methyl sites for hydroxylation is 1. The van der Waals surface area contributed by atoms with Crippen LogP contribution in [0, 0.1) is 13.8 Å². The van der Waals surface area contributed by atoms with Gasteiger partial charge in [0.05, 0.1) is 16.3 Å². The molecule has 4 rings (SSSR count). The first-order valence-electron chi connectivity index (χ1n) is 10.8. The van der Waals surface area contributed by atoms with Gasteiger partial charge < -0.3 is 10.2 Å². The summed E-state index contributed by atoms with van der Waals surface area (Å²) in [6, 6.07) is 10.0. The molecule has 0 spiro atoms. The monoisotopic (exact) mass is 473 g/mol. The first kappa shape index (κ1) is 22.7. The van der Waals surface area contributed by atoms with E-state index in [9.17, 15) is 18.0 Å². The Kier molecular flexibility index (Phi) is 6.48. The van der Waals surface area contributed by atoms with Crippen LogP contribution in [0.5, 0.6) is 0 Å². The van der Waals surface area contributed by atoms with E-state index in [0.29, 0.717) is 29.4 Å². The average molecular weight is 474 g/mol. The van der Waals surface area contributed by atoms with Crippen LogP contribution in [0.4, 0.5) is 11.4 Å². The lowest BCUT2D eigenvalue weighted by molar-refractivity contribution is -0.133. The van der Waals surface area contributed by atoms with Crippen LogP contribution in [0.2, 0.25) is 0 Å². The summed E-state index contributed by atoms with van der Waals surface area (Å²) in [6.07, 6.45) is 4.11. The molecule has 170 valence electrons. The highest BCUT2D eigenvalue weighted by atomic mass is 32.2. The van der Waals surface area contributed by atoms with Crippen LogP contribution in [0.25, 0.3) is 0 Å². The smallest absolute Gasteiger partial charge is 0.261 e. The summed E-state index contributed by atoms with van der Waals surface area (Å²) < 4.78 is 28.5. The second-order valence-corrected chi connectivity index (χ2v) is 11.1. The Morgan fingerprint density at radius 2 is 1.81 bits per heavy atom. The van der Waals surface area contributed by atoms with Crippen LogP contribution < -0.4 is 10.0 Å². The number of likely N-dealkylation sites (tertiary alicyclic amines) is 1. The standard InChI is InChI=1S/C23H27N3O4S2/c1-15-8-7-9-18(16(15)2)25-32(29,30)17-10-11-20-19(14-17)24-22(27)21(31-20)23(28)26-12-5-3-4-6-13-26/h7-11,14,21,25H,3-6,12-13H2,1-2H3,(H,24,27). The van der Waals surface area contributed by atoms with Crippen molar-refractivity contribution in [3.8, 4) is 0 Å².